The van der Waals surface area contributed by atoms with Gasteiger partial charge in [0.2, 0.25) is 10.0 Å². The first-order chi connectivity index (χ1) is 10.4. The van der Waals surface area contributed by atoms with Crippen LogP contribution in [0.25, 0.3) is 10.9 Å². The Balaban J connectivity index is 2.13. The van der Waals surface area contributed by atoms with Crippen molar-refractivity contribution in [2.24, 2.45) is 0 Å². The molecule has 1 N–H and O–H groups in total. The molecule has 1 heterocycles. The van der Waals surface area contributed by atoms with Gasteiger partial charge < -0.3 is 14.0 Å². The quantitative estimate of drug-likeness (QED) is 0.759. The van der Waals surface area contributed by atoms with Crippen molar-refractivity contribution in [1.29, 1.82) is 0 Å². The number of ether oxygens (including phenoxy) is 2. The van der Waals surface area contributed by atoms with Crippen LogP contribution in [0.5, 0.6) is 5.75 Å². The predicted octanol–water partition coefficient (Wildman–Crippen LogP) is 0.742. The van der Waals surface area contributed by atoms with Gasteiger partial charge in [0, 0.05) is 24.7 Å². The summed E-state index contributed by atoms with van der Waals surface area (Å²) < 4.78 is 36.5. The summed E-state index contributed by atoms with van der Waals surface area (Å²) in [6.45, 7) is 0.642. The number of aromatic nitrogens is 1. The highest BCUT2D eigenvalue weighted by atomic mass is 32.2. The van der Waals surface area contributed by atoms with Gasteiger partial charge in [0.15, 0.2) is 6.61 Å². The van der Waals surface area contributed by atoms with Crippen LogP contribution in [0.3, 0.4) is 0 Å². The maximum Gasteiger partial charge on any atom is 0.343 e. The summed E-state index contributed by atoms with van der Waals surface area (Å²) in [5.74, 6) is 0.131. The van der Waals surface area contributed by atoms with E-state index in [0.717, 1.165) is 17.2 Å². The molecule has 7 nitrogen and oxygen atoms in total. The van der Waals surface area contributed by atoms with Crippen LogP contribution in [-0.2, 0) is 26.1 Å². The zero-order chi connectivity index (χ0) is 16.2. The molecule has 0 saturated carbocycles. The average molecular weight is 326 g/mol. The summed E-state index contributed by atoms with van der Waals surface area (Å²) >= 11 is 0. The van der Waals surface area contributed by atoms with Crippen LogP contribution in [0.4, 0.5) is 0 Å². The van der Waals surface area contributed by atoms with Crippen molar-refractivity contribution < 1.29 is 22.7 Å². The van der Waals surface area contributed by atoms with Crippen LogP contribution in [0.2, 0.25) is 0 Å². The van der Waals surface area contributed by atoms with Crippen LogP contribution in [-0.4, -0.2) is 45.5 Å². The largest absolute Gasteiger partial charge is 0.481 e. The number of hydrogen-bond acceptors (Lipinski definition) is 5. The van der Waals surface area contributed by atoms with E-state index in [2.05, 4.69) is 9.46 Å². The molecular formula is C14H18N2O5S. The van der Waals surface area contributed by atoms with Gasteiger partial charge in [0.25, 0.3) is 0 Å². The molecule has 0 saturated heterocycles. The average Bonchev–Trinajstić information content (AvgIpc) is 2.87. The minimum absolute atomic E-state index is 0.156. The molecule has 0 spiro atoms. The summed E-state index contributed by atoms with van der Waals surface area (Å²) in [5.41, 5.74) is 0.901. The molecule has 1 aromatic heterocycles. The molecule has 1 aromatic carbocycles. The predicted molar refractivity (Wildman–Crippen MR) is 82.3 cm³/mol. The molecule has 22 heavy (non-hydrogen) atoms. The van der Waals surface area contributed by atoms with Gasteiger partial charge in [0.05, 0.1) is 18.9 Å². The lowest BCUT2D eigenvalue weighted by Gasteiger charge is -2.08. The lowest BCUT2D eigenvalue weighted by atomic mass is 10.2. The van der Waals surface area contributed by atoms with E-state index in [1.807, 2.05) is 29.0 Å². The number of hydrogen-bond donors (Lipinski definition) is 1. The lowest BCUT2D eigenvalue weighted by Crippen LogP contribution is -2.25. The summed E-state index contributed by atoms with van der Waals surface area (Å²) in [7, 11) is -1.90. The first kappa shape index (κ1) is 16.3. The van der Waals surface area contributed by atoms with Crippen molar-refractivity contribution in [3.63, 3.8) is 0 Å². The summed E-state index contributed by atoms with van der Waals surface area (Å²) in [6, 6.07) is 7.35. The van der Waals surface area contributed by atoms with Gasteiger partial charge in [0.1, 0.15) is 5.75 Å². The third-order valence-electron chi connectivity index (χ3n) is 3.06. The molecule has 0 amide bonds. The van der Waals surface area contributed by atoms with Gasteiger partial charge in [-0.3, -0.25) is 0 Å². The van der Waals surface area contributed by atoms with Crippen LogP contribution in [0, 0.1) is 0 Å². The Hall–Kier alpha value is -2.06. The Morgan fingerprint density at radius 1 is 1.32 bits per heavy atom. The number of esters is 1. The molecule has 0 aliphatic carbocycles. The van der Waals surface area contributed by atoms with Crippen molar-refractivity contribution in [3.05, 3.63) is 30.5 Å². The fourth-order valence-electron chi connectivity index (χ4n) is 2.06. The maximum absolute atomic E-state index is 11.1. The van der Waals surface area contributed by atoms with Gasteiger partial charge in [-0.2, -0.15) is 0 Å². The van der Waals surface area contributed by atoms with Crippen molar-refractivity contribution in [2.45, 2.75) is 6.54 Å². The minimum Gasteiger partial charge on any atom is -0.481 e. The number of nitrogens with one attached hydrogen (secondary N) is 1. The van der Waals surface area contributed by atoms with E-state index in [9.17, 15) is 13.2 Å². The first-order valence-corrected chi connectivity index (χ1v) is 8.52. The molecule has 0 atom stereocenters. The zero-order valence-corrected chi connectivity index (χ0v) is 13.2. The summed E-state index contributed by atoms with van der Waals surface area (Å²) in [5, 5.41) is 0.853. The minimum atomic E-state index is -3.20. The number of benzene rings is 1. The van der Waals surface area contributed by atoms with Crippen LogP contribution in [0.1, 0.15) is 0 Å². The number of rotatable bonds is 7. The topological polar surface area (TPSA) is 86.6 Å². The van der Waals surface area contributed by atoms with Crippen LogP contribution < -0.4 is 9.46 Å². The van der Waals surface area contributed by atoms with Crippen molar-refractivity contribution in [3.8, 4) is 5.75 Å². The Bertz CT molecular complexity index is 767. The standard InChI is InChI=1S/C14H18N2O5S/c1-20-14(17)10-21-13-5-3-4-12-11(13)6-8-16(12)9-7-15-22(2,18)19/h3-6,8,15H,7,9-10H2,1-2H3. The highest BCUT2D eigenvalue weighted by Crippen LogP contribution is 2.26. The third-order valence-corrected chi connectivity index (χ3v) is 3.79. The summed E-state index contributed by atoms with van der Waals surface area (Å²) in [6.07, 6.45) is 2.97. The Morgan fingerprint density at radius 3 is 2.77 bits per heavy atom. The van der Waals surface area contributed by atoms with E-state index in [1.54, 1.807) is 6.07 Å². The SMILES string of the molecule is COC(=O)COc1cccc2c1ccn2CCNS(C)(=O)=O. The second-order valence-electron chi connectivity index (χ2n) is 4.73. The van der Waals surface area contributed by atoms with Crippen molar-refractivity contribution in [1.82, 2.24) is 9.29 Å². The molecule has 0 aliphatic rings. The highest BCUT2D eigenvalue weighted by molar-refractivity contribution is 7.88. The van der Waals surface area contributed by atoms with Gasteiger partial charge in [-0.05, 0) is 18.2 Å². The van der Waals surface area contributed by atoms with Gasteiger partial charge in [-0.1, -0.05) is 6.07 Å². The number of methoxy groups -OCH3 is 1. The zero-order valence-electron chi connectivity index (χ0n) is 12.4. The van der Waals surface area contributed by atoms with Crippen LogP contribution >= 0.6 is 0 Å². The monoisotopic (exact) mass is 326 g/mol. The highest BCUT2D eigenvalue weighted by Gasteiger charge is 2.09. The van der Waals surface area contributed by atoms with E-state index >= 15 is 0 Å². The van der Waals surface area contributed by atoms with E-state index in [0.29, 0.717) is 18.8 Å². The van der Waals surface area contributed by atoms with Crippen LogP contribution in [0.15, 0.2) is 30.5 Å². The molecule has 2 rings (SSSR count). The Morgan fingerprint density at radius 2 is 2.09 bits per heavy atom. The van der Waals surface area contributed by atoms with Crippen molar-refractivity contribution in [2.75, 3.05) is 26.5 Å². The lowest BCUT2D eigenvalue weighted by molar-refractivity contribution is -0.142. The van der Waals surface area contributed by atoms with E-state index in [4.69, 9.17) is 4.74 Å². The number of sulfonamides is 1. The molecule has 0 radical (unpaired) electrons. The normalized spacial score (nSPS) is 11.5. The number of carbonyl (C=O) groups is 1. The second-order valence-corrected chi connectivity index (χ2v) is 6.56. The molecule has 0 unspecified atom stereocenters. The third kappa shape index (κ3) is 4.22. The summed E-state index contributed by atoms with van der Waals surface area (Å²) in [4.78, 5) is 11.1. The smallest absolute Gasteiger partial charge is 0.343 e. The fourth-order valence-corrected chi connectivity index (χ4v) is 2.53. The van der Waals surface area contributed by atoms with E-state index < -0.39 is 16.0 Å². The fraction of sp³-hybridized carbons (Fsp3) is 0.357. The molecular weight excluding hydrogens is 308 g/mol. The van der Waals surface area contributed by atoms with Gasteiger partial charge >= 0.3 is 5.97 Å². The van der Waals surface area contributed by atoms with Gasteiger partial charge in [-0.25, -0.2) is 17.9 Å². The molecule has 0 bridgehead atoms. The Labute approximate surface area is 128 Å². The number of nitrogens with zero attached hydrogens (tertiary/aromatic N) is 1. The van der Waals surface area contributed by atoms with E-state index in [1.165, 1.54) is 7.11 Å². The Kier molecular flexibility index (Phi) is 5.04. The first-order valence-electron chi connectivity index (χ1n) is 6.63. The maximum atomic E-state index is 11.1. The number of carbonyl (C=O) groups excluding carboxylic acids is 1. The number of fused-ring (bicyclic) bond motifs is 1. The molecule has 2 aromatic rings. The molecule has 0 fully saturated rings. The molecule has 0 aliphatic heterocycles. The molecule has 120 valence electrons. The van der Waals surface area contributed by atoms with Gasteiger partial charge in [-0.15, -0.1) is 0 Å². The molecule has 8 heteroatoms. The second kappa shape index (κ2) is 6.80. The van der Waals surface area contributed by atoms with E-state index in [-0.39, 0.29) is 6.61 Å². The van der Waals surface area contributed by atoms with Crippen molar-refractivity contribution >= 4 is 26.9 Å².